The van der Waals surface area contributed by atoms with Gasteiger partial charge in [0.1, 0.15) is 16.8 Å². The van der Waals surface area contributed by atoms with E-state index in [1.54, 1.807) is 0 Å². The van der Waals surface area contributed by atoms with E-state index in [2.05, 4.69) is 15.3 Å². The van der Waals surface area contributed by atoms with Gasteiger partial charge in [-0.1, -0.05) is 25.4 Å². The highest BCUT2D eigenvalue weighted by Crippen LogP contribution is 2.19. The van der Waals surface area contributed by atoms with Crippen LogP contribution in [0, 0.1) is 6.92 Å². The lowest BCUT2D eigenvalue weighted by atomic mass is 10.3. The van der Waals surface area contributed by atoms with Crippen LogP contribution in [-0.2, 0) is 17.2 Å². The molecule has 6 heteroatoms. The predicted molar refractivity (Wildman–Crippen MR) is 73.2 cm³/mol. The maximum absolute atomic E-state index is 11.3. The molecule has 1 aromatic heterocycles. The van der Waals surface area contributed by atoms with E-state index in [4.69, 9.17) is 11.6 Å². The Morgan fingerprint density at radius 1 is 1.35 bits per heavy atom. The highest BCUT2D eigenvalue weighted by Gasteiger charge is 2.08. The molecule has 0 bridgehead atoms. The molecule has 1 aromatic rings. The number of nitrogens with zero attached hydrogens (tertiary/aromatic N) is 2. The van der Waals surface area contributed by atoms with Gasteiger partial charge in [-0.05, 0) is 6.92 Å². The minimum absolute atomic E-state index is 0.482. The molecule has 0 aliphatic heterocycles. The SMILES string of the molecule is CCc1nc(Cl)c(C)c(NCCS(=O)CC)n1. The molecule has 96 valence electrons. The number of aryl methyl sites for hydroxylation is 1. The quantitative estimate of drug-likeness (QED) is 0.809. The topological polar surface area (TPSA) is 54.9 Å². The first kappa shape index (κ1) is 14.4. The van der Waals surface area contributed by atoms with Gasteiger partial charge in [-0.3, -0.25) is 4.21 Å². The molecule has 1 rings (SSSR count). The van der Waals surface area contributed by atoms with Crippen LogP contribution in [0.4, 0.5) is 5.82 Å². The molecule has 1 N–H and O–H groups in total. The van der Waals surface area contributed by atoms with Gasteiger partial charge < -0.3 is 5.32 Å². The van der Waals surface area contributed by atoms with E-state index in [9.17, 15) is 4.21 Å². The lowest BCUT2D eigenvalue weighted by Crippen LogP contribution is -2.14. The van der Waals surface area contributed by atoms with Crippen LogP contribution in [0.3, 0.4) is 0 Å². The van der Waals surface area contributed by atoms with Crippen molar-refractivity contribution in [1.82, 2.24) is 9.97 Å². The van der Waals surface area contributed by atoms with Gasteiger partial charge in [0.05, 0.1) is 0 Å². The summed E-state index contributed by atoms with van der Waals surface area (Å²) in [6, 6.07) is 0. The lowest BCUT2D eigenvalue weighted by Gasteiger charge is -2.10. The monoisotopic (exact) mass is 275 g/mol. The Kier molecular flexibility index (Phi) is 5.85. The van der Waals surface area contributed by atoms with E-state index < -0.39 is 10.8 Å². The lowest BCUT2D eigenvalue weighted by molar-refractivity contribution is 0.684. The molecule has 17 heavy (non-hydrogen) atoms. The van der Waals surface area contributed by atoms with Crippen LogP contribution in [0.2, 0.25) is 5.15 Å². The van der Waals surface area contributed by atoms with Crippen molar-refractivity contribution in [1.29, 1.82) is 0 Å². The van der Waals surface area contributed by atoms with Gasteiger partial charge in [0.15, 0.2) is 0 Å². The minimum atomic E-state index is -0.759. The summed E-state index contributed by atoms with van der Waals surface area (Å²) in [6.07, 6.45) is 0.746. The van der Waals surface area contributed by atoms with Crippen molar-refractivity contribution in [3.05, 3.63) is 16.5 Å². The third kappa shape index (κ3) is 4.24. The molecule has 0 radical (unpaired) electrons. The third-order valence-electron chi connectivity index (χ3n) is 2.39. The number of anilines is 1. The normalized spacial score (nSPS) is 12.5. The predicted octanol–water partition coefficient (Wildman–Crippen LogP) is 2.18. The molecule has 0 aliphatic carbocycles. The van der Waals surface area contributed by atoms with Gasteiger partial charge in [-0.25, -0.2) is 9.97 Å². The van der Waals surface area contributed by atoms with Crippen molar-refractivity contribution in [2.75, 3.05) is 23.4 Å². The summed E-state index contributed by atoms with van der Waals surface area (Å²) in [5, 5.41) is 3.65. The highest BCUT2D eigenvalue weighted by atomic mass is 35.5. The standard InChI is InChI=1S/C11H18ClN3OS/c1-4-9-14-10(12)8(3)11(15-9)13-6-7-17(16)5-2/h4-7H2,1-3H3,(H,13,14,15). The molecule has 0 aromatic carbocycles. The summed E-state index contributed by atoms with van der Waals surface area (Å²) in [4.78, 5) is 8.53. The number of hydrogen-bond donors (Lipinski definition) is 1. The van der Waals surface area contributed by atoms with Gasteiger partial charge in [0, 0.05) is 40.8 Å². The van der Waals surface area contributed by atoms with E-state index in [0.29, 0.717) is 23.2 Å². The summed E-state index contributed by atoms with van der Waals surface area (Å²) in [5.41, 5.74) is 0.839. The molecule has 0 amide bonds. The Morgan fingerprint density at radius 3 is 2.65 bits per heavy atom. The number of halogens is 1. The van der Waals surface area contributed by atoms with E-state index >= 15 is 0 Å². The molecule has 0 saturated heterocycles. The second-order valence-electron chi connectivity index (χ2n) is 3.62. The first-order valence-corrected chi connectivity index (χ1v) is 7.56. The van der Waals surface area contributed by atoms with Crippen LogP contribution < -0.4 is 5.32 Å². The summed E-state index contributed by atoms with van der Waals surface area (Å²) >= 11 is 6.02. The Labute approximate surface area is 110 Å². The Bertz CT molecular complexity index is 412. The first-order valence-electron chi connectivity index (χ1n) is 5.70. The Balaban J connectivity index is 2.69. The van der Waals surface area contributed by atoms with Crippen LogP contribution in [0.15, 0.2) is 0 Å². The van der Waals surface area contributed by atoms with Gasteiger partial charge in [0.2, 0.25) is 0 Å². The molecule has 1 heterocycles. The molecule has 0 aliphatic rings. The number of hydrogen-bond acceptors (Lipinski definition) is 4. The Morgan fingerprint density at radius 2 is 2.06 bits per heavy atom. The fourth-order valence-corrected chi connectivity index (χ4v) is 2.10. The van der Waals surface area contributed by atoms with Gasteiger partial charge in [-0.2, -0.15) is 0 Å². The van der Waals surface area contributed by atoms with E-state index in [1.807, 2.05) is 20.8 Å². The molecular formula is C11H18ClN3OS. The minimum Gasteiger partial charge on any atom is -0.369 e. The summed E-state index contributed by atoms with van der Waals surface area (Å²) in [6.45, 7) is 6.41. The second kappa shape index (κ2) is 6.91. The smallest absolute Gasteiger partial charge is 0.137 e. The molecule has 4 nitrogen and oxygen atoms in total. The molecule has 0 fully saturated rings. The summed E-state index contributed by atoms with van der Waals surface area (Å²) in [5.74, 6) is 2.78. The summed E-state index contributed by atoms with van der Waals surface area (Å²) < 4.78 is 11.3. The van der Waals surface area contributed by atoms with Crippen molar-refractivity contribution >= 4 is 28.2 Å². The third-order valence-corrected chi connectivity index (χ3v) is 4.06. The number of aromatic nitrogens is 2. The van der Waals surface area contributed by atoms with Crippen LogP contribution in [0.5, 0.6) is 0 Å². The van der Waals surface area contributed by atoms with Crippen LogP contribution in [0.1, 0.15) is 25.2 Å². The van der Waals surface area contributed by atoms with Crippen LogP contribution in [-0.4, -0.2) is 32.2 Å². The van der Waals surface area contributed by atoms with Crippen molar-refractivity contribution in [2.24, 2.45) is 0 Å². The average molecular weight is 276 g/mol. The molecule has 1 atom stereocenters. The van der Waals surface area contributed by atoms with Crippen molar-refractivity contribution < 1.29 is 4.21 Å². The van der Waals surface area contributed by atoms with Crippen molar-refractivity contribution in [2.45, 2.75) is 27.2 Å². The van der Waals surface area contributed by atoms with E-state index in [1.165, 1.54) is 0 Å². The molecule has 0 spiro atoms. The fraction of sp³-hybridized carbons (Fsp3) is 0.636. The van der Waals surface area contributed by atoms with E-state index in [0.717, 1.165) is 23.6 Å². The molecule has 0 saturated carbocycles. The summed E-state index contributed by atoms with van der Waals surface area (Å²) in [7, 11) is -0.759. The van der Waals surface area contributed by atoms with Gasteiger partial charge >= 0.3 is 0 Å². The number of rotatable bonds is 6. The van der Waals surface area contributed by atoms with Gasteiger partial charge in [-0.15, -0.1) is 0 Å². The van der Waals surface area contributed by atoms with Crippen LogP contribution >= 0.6 is 11.6 Å². The highest BCUT2D eigenvalue weighted by molar-refractivity contribution is 7.84. The fourth-order valence-electron chi connectivity index (χ4n) is 1.29. The van der Waals surface area contributed by atoms with E-state index in [-0.39, 0.29) is 0 Å². The van der Waals surface area contributed by atoms with Crippen molar-refractivity contribution in [3.63, 3.8) is 0 Å². The zero-order valence-corrected chi connectivity index (χ0v) is 12.0. The van der Waals surface area contributed by atoms with Crippen molar-refractivity contribution in [3.8, 4) is 0 Å². The Hall–Kier alpha value is -0.680. The van der Waals surface area contributed by atoms with Crippen LogP contribution in [0.25, 0.3) is 0 Å². The maximum Gasteiger partial charge on any atom is 0.137 e. The molecule has 1 unspecified atom stereocenters. The second-order valence-corrected chi connectivity index (χ2v) is 5.84. The van der Waals surface area contributed by atoms with Gasteiger partial charge in [0.25, 0.3) is 0 Å². The largest absolute Gasteiger partial charge is 0.369 e. The zero-order chi connectivity index (χ0) is 12.8. The maximum atomic E-state index is 11.3. The first-order chi connectivity index (χ1) is 8.08. The zero-order valence-electron chi connectivity index (χ0n) is 10.4. The molecular weight excluding hydrogens is 258 g/mol. The number of nitrogens with one attached hydrogen (secondary N) is 1. The average Bonchev–Trinajstić information content (AvgIpc) is 2.33.